The fourth-order valence-electron chi connectivity index (χ4n) is 2.71. The highest BCUT2D eigenvalue weighted by atomic mass is 35.5. The Balaban J connectivity index is 2.10. The standard InChI is InChI=1S/C19H22Cl2N2O4S/c1-13(19(24)22-11-10-14-4-7-16(27-2)8-5-14)23(28(3,25)26)18-12-15(20)6-9-17(18)21/h4-9,12-13H,10-11H2,1-3H3,(H,22,24)/t13-/m0/s1. The Morgan fingerprint density at radius 1 is 1.18 bits per heavy atom. The van der Waals surface area contributed by atoms with Crippen molar-refractivity contribution in [1.29, 1.82) is 0 Å². The van der Waals surface area contributed by atoms with E-state index in [-0.39, 0.29) is 10.7 Å². The van der Waals surface area contributed by atoms with Crippen LogP contribution < -0.4 is 14.4 Å². The Bertz CT molecular complexity index is 933. The molecule has 1 atom stereocenters. The molecule has 152 valence electrons. The van der Waals surface area contributed by atoms with E-state index in [0.717, 1.165) is 21.9 Å². The van der Waals surface area contributed by atoms with Crippen molar-refractivity contribution in [3.8, 4) is 5.75 Å². The first-order chi connectivity index (χ1) is 13.1. The number of carbonyl (C=O) groups excluding carboxylic acids is 1. The molecule has 0 saturated heterocycles. The van der Waals surface area contributed by atoms with Crippen molar-refractivity contribution in [2.75, 3.05) is 24.2 Å². The van der Waals surface area contributed by atoms with Crippen molar-refractivity contribution < 1.29 is 17.9 Å². The molecular weight excluding hydrogens is 423 g/mol. The van der Waals surface area contributed by atoms with Gasteiger partial charge >= 0.3 is 0 Å². The average Bonchev–Trinajstić information content (AvgIpc) is 2.64. The van der Waals surface area contributed by atoms with Crippen molar-refractivity contribution in [1.82, 2.24) is 5.32 Å². The molecule has 1 N–H and O–H groups in total. The Labute approximate surface area is 175 Å². The fourth-order valence-corrected chi connectivity index (χ4v) is 4.31. The number of nitrogens with zero attached hydrogens (tertiary/aromatic N) is 1. The van der Waals surface area contributed by atoms with Gasteiger partial charge in [-0.1, -0.05) is 35.3 Å². The van der Waals surface area contributed by atoms with Gasteiger partial charge in [-0.15, -0.1) is 0 Å². The van der Waals surface area contributed by atoms with Crippen LogP contribution in [0.5, 0.6) is 5.75 Å². The Hall–Kier alpha value is -1.96. The van der Waals surface area contributed by atoms with Crippen LogP contribution in [-0.2, 0) is 21.2 Å². The second-order valence-corrected chi connectivity index (χ2v) is 8.92. The molecule has 0 radical (unpaired) electrons. The van der Waals surface area contributed by atoms with Crippen molar-refractivity contribution in [3.05, 3.63) is 58.1 Å². The van der Waals surface area contributed by atoms with Gasteiger partial charge in [-0.05, 0) is 49.2 Å². The summed E-state index contributed by atoms with van der Waals surface area (Å²) in [7, 11) is -2.18. The molecular formula is C19H22Cl2N2O4S. The molecule has 0 spiro atoms. The third-order valence-corrected chi connectivity index (χ3v) is 5.89. The molecule has 0 aliphatic carbocycles. The van der Waals surface area contributed by atoms with Crippen LogP contribution in [0.3, 0.4) is 0 Å². The Morgan fingerprint density at radius 3 is 2.39 bits per heavy atom. The number of amides is 1. The van der Waals surface area contributed by atoms with E-state index in [1.54, 1.807) is 13.2 Å². The van der Waals surface area contributed by atoms with Crippen LogP contribution in [0.25, 0.3) is 0 Å². The van der Waals surface area contributed by atoms with Gasteiger partial charge in [0.1, 0.15) is 11.8 Å². The van der Waals surface area contributed by atoms with Crippen LogP contribution in [0.1, 0.15) is 12.5 Å². The predicted molar refractivity (Wildman–Crippen MR) is 113 cm³/mol. The van der Waals surface area contributed by atoms with E-state index in [0.29, 0.717) is 18.0 Å². The number of hydrogen-bond acceptors (Lipinski definition) is 4. The smallest absolute Gasteiger partial charge is 0.243 e. The molecule has 9 heteroatoms. The van der Waals surface area contributed by atoms with Gasteiger partial charge in [-0.2, -0.15) is 0 Å². The third-order valence-electron chi connectivity index (χ3n) is 4.11. The lowest BCUT2D eigenvalue weighted by molar-refractivity contribution is -0.121. The third kappa shape index (κ3) is 5.77. The minimum atomic E-state index is -3.77. The molecule has 0 aliphatic rings. The lowest BCUT2D eigenvalue weighted by Gasteiger charge is -2.29. The summed E-state index contributed by atoms with van der Waals surface area (Å²) in [5.74, 6) is 0.318. The molecule has 0 bridgehead atoms. The zero-order valence-corrected chi connectivity index (χ0v) is 18.1. The normalized spacial score (nSPS) is 12.3. The lowest BCUT2D eigenvalue weighted by Crippen LogP contribution is -2.48. The Morgan fingerprint density at radius 2 is 1.82 bits per heavy atom. The summed E-state index contributed by atoms with van der Waals surface area (Å²) in [6, 6.07) is 11.0. The van der Waals surface area contributed by atoms with Crippen molar-refractivity contribution >= 4 is 44.8 Å². The first kappa shape index (κ1) is 22.3. The number of nitrogens with one attached hydrogen (secondary N) is 1. The maximum atomic E-state index is 12.6. The molecule has 2 aromatic carbocycles. The highest BCUT2D eigenvalue weighted by Crippen LogP contribution is 2.32. The second-order valence-electron chi connectivity index (χ2n) is 6.22. The number of rotatable bonds is 8. The first-order valence-corrected chi connectivity index (χ1v) is 11.1. The second kappa shape index (κ2) is 9.49. The largest absolute Gasteiger partial charge is 0.497 e. The van der Waals surface area contributed by atoms with Gasteiger partial charge in [-0.3, -0.25) is 9.10 Å². The molecule has 0 saturated carbocycles. The van der Waals surface area contributed by atoms with E-state index in [4.69, 9.17) is 27.9 Å². The molecule has 0 unspecified atom stereocenters. The highest BCUT2D eigenvalue weighted by molar-refractivity contribution is 7.92. The van der Waals surface area contributed by atoms with Gasteiger partial charge in [0.2, 0.25) is 15.9 Å². The minimum absolute atomic E-state index is 0.162. The minimum Gasteiger partial charge on any atom is -0.497 e. The number of ether oxygens (including phenoxy) is 1. The quantitative estimate of drug-likeness (QED) is 0.675. The molecule has 0 aromatic heterocycles. The summed E-state index contributed by atoms with van der Waals surface area (Å²) < 4.78 is 30.7. The summed E-state index contributed by atoms with van der Waals surface area (Å²) in [6.07, 6.45) is 1.62. The Kier molecular flexibility index (Phi) is 7.57. The number of anilines is 1. The van der Waals surface area contributed by atoms with Gasteiger partial charge in [0, 0.05) is 11.6 Å². The van der Waals surface area contributed by atoms with Crippen LogP contribution in [0.2, 0.25) is 10.0 Å². The average molecular weight is 445 g/mol. The zero-order valence-electron chi connectivity index (χ0n) is 15.8. The summed E-state index contributed by atoms with van der Waals surface area (Å²) in [5.41, 5.74) is 1.18. The number of halogens is 2. The highest BCUT2D eigenvalue weighted by Gasteiger charge is 2.30. The molecule has 2 rings (SSSR count). The maximum absolute atomic E-state index is 12.6. The van der Waals surface area contributed by atoms with E-state index < -0.39 is 22.0 Å². The predicted octanol–water partition coefficient (Wildman–Crippen LogP) is 3.52. The van der Waals surface area contributed by atoms with Crippen LogP contribution >= 0.6 is 23.2 Å². The number of hydrogen-bond donors (Lipinski definition) is 1. The monoisotopic (exact) mass is 444 g/mol. The number of methoxy groups -OCH3 is 1. The van der Waals surface area contributed by atoms with Crippen LogP contribution in [0, 0.1) is 0 Å². The SMILES string of the molecule is COc1ccc(CCNC(=O)[C@H](C)N(c2cc(Cl)ccc2Cl)S(C)(=O)=O)cc1. The zero-order chi connectivity index (χ0) is 20.9. The van der Waals surface area contributed by atoms with Crippen LogP contribution in [0.15, 0.2) is 42.5 Å². The van der Waals surface area contributed by atoms with E-state index in [1.165, 1.54) is 19.1 Å². The molecule has 0 fully saturated rings. The molecule has 6 nitrogen and oxygen atoms in total. The molecule has 1 amide bonds. The molecule has 0 heterocycles. The van der Waals surface area contributed by atoms with Gasteiger partial charge < -0.3 is 10.1 Å². The first-order valence-electron chi connectivity index (χ1n) is 8.48. The summed E-state index contributed by atoms with van der Waals surface area (Å²) >= 11 is 12.1. The maximum Gasteiger partial charge on any atom is 0.243 e. The van der Waals surface area contributed by atoms with Crippen LogP contribution in [-0.4, -0.2) is 40.3 Å². The van der Waals surface area contributed by atoms with Gasteiger partial charge in [0.05, 0.1) is 24.1 Å². The topological polar surface area (TPSA) is 75.7 Å². The van der Waals surface area contributed by atoms with E-state index in [9.17, 15) is 13.2 Å². The van der Waals surface area contributed by atoms with Gasteiger partial charge in [0.25, 0.3) is 0 Å². The summed E-state index contributed by atoms with van der Waals surface area (Å²) in [4.78, 5) is 12.6. The number of carbonyl (C=O) groups is 1. The number of sulfonamides is 1. The summed E-state index contributed by atoms with van der Waals surface area (Å²) in [5, 5.41) is 3.27. The van der Waals surface area contributed by atoms with E-state index in [2.05, 4.69) is 5.32 Å². The van der Waals surface area contributed by atoms with Gasteiger partial charge in [0.15, 0.2) is 0 Å². The van der Waals surface area contributed by atoms with Crippen molar-refractivity contribution in [2.45, 2.75) is 19.4 Å². The van der Waals surface area contributed by atoms with E-state index >= 15 is 0 Å². The molecule has 2 aromatic rings. The molecule has 0 aliphatic heterocycles. The van der Waals surface area contributed by atoms with Crippen LogP contribution in [0.4, 0.5) is 5.69 Å². The van der Waals surface area contributed by atoms with Gasteiger partial charge in [-0.25, -0.2) is 8.42 Å². The number of benzene rings is 2. The van der Waals surface area contributed by atoms with E-state index in [1.807, 2.05) is 24.3 Å². The summed E-state index contributed by atoms with van der Waals surface area (Å²) in [6.45, 7) is 1.86. The fraction of sp³-hybridized carbons (Fsp3) is 0.316. The van der Waals surface area contributed by atoms with Crippen molar-refractivity contribution in [3.63, 3.8) is 0 Å². The van der Waals surface area contributed by atoms with Crippen molar-refractivity contribution in [2.24, 2.45) is 0 Å². The lowest BCUT2D eigenvalue weighted by atomic mass is 10.1. The molecule has 28 heavy (non-hydrogen) atoms.